The van der Waals surface area contributed by atoms with Crippen LogP contribution in [0, 0.1) is 18.6 Å². The third-order valence-corrected chi connectivity index (χ3v) is 3.37. The summed E-state index contributed by atoms with van der Waals surface area (Å²) in [6, 6.07) is 10.4. The molecule has 22 heavy (non-hydrogen) atoms. The summed E-state index contributed by atoms with van der Waals surface area (Å²) in [5.41, 5.74) is 1.92. The molecule has 116 valence electrons. The zero-order chi connectivity index (χ0) is 16.1. The molecule has 5 heteroatoms. The first-order chi connectivity index (χ1) is 10.5. The number of amides is 1. The number of halogens is 2. The van der Waals surface area contributed by atoms with Crippen LogP contribution in [0.1, 0.15) is 24.1 Å². The average molecular weight is 304 g/mol. The molecule has 0 radical (unpaired) electrons. The van der Waals surface area contributed by atoms with Crippen molar-refractivity contribution in [3.63, 3.8) is 0 Å². The van der Waals surface area contributed by atoms with E-state index in [4.69, 9.17) is 0 Å². The predicted molar refractivity (Wildman–Crippen MR) is 82.6 cm³/mol. The van der Waals surface area contributed by atoms with Gasteiger partial charge in [0.1, 0.15) is 11.6 Å². The minimum atomic E-state index is -0.315. The number of anilines is 1. The molecular weight excluding hydrogens is 286 g/mol. The lowest BCUT2D eigenvalue weighted by Crippen LogP contribution is -2.32. The average Bonchev–Trinajstić information content (AvgIpc) is 2.49. The minimum absolute atomic E-state index is 0.0357. The van der Waals surface area contributed by atoms with Crippen molar-refractivity contribution in [2.45, 2.75) is 19.9 Å². The molecule has 0 heterocycles. The van der Waals surface area contributed by atoms with Gasteiger partial charge in [-0.3, -0.25) is 4.79 Å². The van der Waals surface area contributed by atoms with E-state index in [1.165, 1.54) is 18.2 Å². The molecule has 1 atom stereocenters. The Bertz CT molecular complexity index is 656. The molecule has 0 bridgehead atoms. The third kappa shape index (κ3) is 4.28. The van der Waals surface area contributed by atoms with Gasteiger partial charge >= 0.3 is 0 Å². The monoisotopic (exact) mass is 304 g/mol. The Morgan fingerprint density at radius 1 is 1.14 bits per heavy atom. The van der Waals surface area contributed by atoms with Crippen molar-refractivity contribution in [3.05, 3.63) is 65.2 Å². The standard InChI is InChI=1S/C17H18F2N2O/c1-11-3-8-15(9-16(11)19)20-10-17(22)21-12(2)13-4-6-14(18)7-5-13/h3-9,12,20H,10H2,1-2H3,(H,21,22)/t12-/m1/s1. The van der Waals surface area contributed by atoms with Crippen LogP contribution in [0.15, 0.2) is 42.5 Å². The van der Waals surface area contributed by atoms with Gasteiger partial charge in [-0.25, -0.2) is 8.78 Å². The molecule has 2 N–H and O–H groups in total. The number of nitrogens with one attached hydrogen (secondary N) is 2. The van der Waals surface area contributed by atoms with Crippen molar-refractivity contribution >= 4 is 11.6 Å². The Morgan fingerprint density at radius 2 is 1.82 bits per heavy atom. The van der Waals surface area contributed by atoms with Crippen LogP contribution in [-0.4, -0.2) is 12.5 Å². The fourth-order valence-electron chi connectivity index (χ4n) is 2.01. The van der Waals surface area contributed by atoms with E-state index in [0.717, 1.165) is 5.56 Å². The second-order valence-corrected chi connectivity index (χ2v) is 5.16. The molecule has 0 fully saturated rings. The maximum Gasteiger partial charge on any atom is 0.239 e. The first-order valence-electron chi connectivity index (χ1n) is 7.00. The topological polar surface area (TPSA) is 41.1 Å². The molecule has 2 aromatic carbocycles. The highest BCUT2D eigenvalue weighted by Crippen LogP contribution is 2.14. The number of benzene rings is 2. The molecule has 0 saturated carbocycles. The Kier molecular flexibility index (Phi) is 5.09. The van der Waals surface area contributed by atoms with Crippen LogP contribution in [-0.2, 0) is 4.79 Å². The van der Waals surface area contributed by atoms with Crippen molar-refractivity contribution in [3.8, 4) is 0 Å². The van der Waals surface area contributed by atoms with Crippen molar-refractivity contribution < 1.29 is 13.6 Å². The number of carbonyl (C=O) groups excluding carboxylic acids is 1. The Morgan fingerprint density at radius 3 is 2.45 bits per heavy atom. The SMILES string of the molecule is Cc1ccc(NCC(=O)N[C@H](C)c2ccc(F)cc2)cc1F. The van der Waals surface area contributed by atoms with Crippen LogP contribution in [0.5, 0.6) is 0 Å². The van der Waals surface area contributed by atoms with Gasteiger partial charge in [0, 0.05) is 5.69 Å². The normalized spacial score (nSPS) is 11.8. The van der Waals surface area contributed by atoms with Crippen molar-refractivity contribution in [1.82, 2.24) is 5.32 Å². The number of hydrogen-bond acceptors (Lipinski definition) is 2. The van der Waals surface area contributed by atoms with Crippen molar-refractivity contribution in [2.75, 3.05) is 11.9 Å². The molecular formula is C17H18F2N2O. The Hall–Kier alpha value is -2.43. The van der Waals surface area contributed by atoms with Gasteiger partial charge in [-0.05, 0) is 49.2 Å². The largest absolute Gasteiger partial charge is 0.376 e. The summed E-state index contributed by atoms with van der Waals surface area (Å²) in [7, 11) is 0. The summed E-state index contributed by atoms with van der Waals surface area (Å²) < 4.78 is 26.3. The van der Waals surface area contributed by atoms with E-state index in [-0.39, 0.29) is 30.1 Å². The molecule has 0 aliphatic carbocycles. The lowest BCUT2D eigenvalue weighted by atomic mass is 10.1. The Labute approximate surface area is 128 Å². The zero-order valence-electron chi connectivity index (χ0n) is 12.5. The van der Waals surface area contributed by atoms with Crippen LogP contribution in [0.3, 0.4) is 0 Å². The molecule has 0 aliphatic heterocycles. The predicted octanol–water partition coefficient (Wildman–Crippen LogP) is 3.56. The van der Waals surface area contributed by atoms with E-state index in [1.54, 1.807) is 31.2 Å². The lowest BCUT2D eigenvalue weighted by molar-refractivity contribution is -0.120. The van der Waals surface area contributed by atoms with Crippen LogP contribution in [0.25, 0.3) is 0 Å². The Balaban J connectivity index is 1.87. The van der Waals surface area contributed by atoms with Crippen LogP contribution < -0.4 is 10.6 Å². The zero-order valence-corrected chi connectivity index (χ0v) is 12.5. The summed E-state index contributed by atoms with van der Waals surface area (Å²) in [6.07, 6.45) is 0. The van der Waals surface area contributed by atoms with Gasteiger partial charge in [0.15, 0.2) is 0 Å². The van der Waals surface area contributed by atoms with E-state index < -0.39 is 0 Å². The highest BCUT2D eigenvalue weighted by Gasteiger charge is 2.09. The smallest absolute Gasteiger partial charge is 0.239 e. The van der Waals surface area contributed by atoms with Gasteiger partial charge in [0.2, 0.25) is 5.91 Å². The highest BCUT2D eigenvalue weighted by molar-refractivity contribution is 5.81. The van der Waals surface area contributed by atoms with Crippen LogP contribution in [0.4, 0.5) is 14.5 Å². The second kappa shape index (κ2) is 7.02. The fraction of sp³-hybridized carbons (Fsp3) is 0.235. The van der Waals surface area contributed by atoms with Crippen molar-refractivity contribution in [1.29, 1.82) is 0 Å². The quantitative estimate of drug-likeness (QED) is 0.887. The van der Waals surface area contributed by atoms with Gasteiger partial charge in [0.05, 0.1) is 12.6 Å². The molecule has 2 aromatic rings. The van der Waals surface area contributed by atoms with Crippen LogP contribution in [0.2, 0.25) is 0 Å². The molecule has 0 spiro atoms. The summed E-state index contributed by atoms with van der Waals surface area (Å²) in [5, 5.41) is 5.66. The molecule has 0 aromatic heterocycles. The van der Waals surface area contributed by atoms with Gasteiger partial charge in [-0.15, -0.1) is 0 Å². The third-order valence-electron chi connectivity index (χ3n) is 3.37. The second-order valence-electron chi connectivity index (χ2n) is 5.16. The van der Waals surface area contributed by atoms with Gasteiger partial charge in [0.25, 0.3) is 0 Å². The van der Waals surface area contributed by atoms with E-state index in [0.29, 0.717) is 11.3 Å². The summed E-state index contributed by atoms with van der Waals surface area (Å²) in [5.74, 6) is -0.853. The van der Waals surface area contributed by atoms with E-state index in [1.807, 2.05) is 6.92 Å². The first-order valence-corrected chi connectivity index (χ1v) is 7.00. The summed E-state index contributed by atoms with van der Waals surface area (Å²) in [4.78, 5) is 11.9. The number of rotatable bonds is 5. The fourth-order valence-corrected chi connectivity index (χ4v) is 2.01. The molecule has 3 nitrogen and oxygen atoms in total. The van der Waals surface area contributed by atoms with Gasteiger partial charge in [-0.2, -0.15) is 0 Å². The van der Waals surface area contributed by atoms with E-state index in [9.17, 15) is 13.6 Å². The summed E-state index contributed by atoms with van der Waals surface area (Å²) >= 11 is 0. The highest BCUT2D eigenvalue weighted by atomic mass is 19.1. The molecule has 0 aliphatic rings. The van der Waals surface area contributed by atoms with E-state index in [2.05, 4.69) is 10.6 Å². The minimum Gasteiger partial charge on any atom is -0.376 e. The van der Waals surface area contributed by atoms with Gasteiger partial charge < -0.3 is 10.6 Å². The van der Waals surface area contributed by atoms with Gasteiger partial charge in [-0.1, -0.05) is 18.2 Å². The number of aryl methyl sites for hydroxylation is 1. The van der Waals surface area contributed by atoms with Crippen molar-refractivity contribution in [2.24, 2.45) is 0 Å². The molecule has 0 saturated heterocycles. The first kappa shape index (κ1) is 15.9. The maximum atomic E-state index is 13.4. The molecule has 0 unspecified atom stereocenters. The molecule has 1 amide bonds. The van der Waals surface area contributed by atoms with Crippen LogP contribution >= 0.6 is 0 Å². The maximum absolute atomic E-state index is 13.4. The lowest BCUT2D eigenvalue weighted by Gasteiger charge is -2.15. The number of carbonyl (C=O) groups is 1. The molecule has 2 rings (SSSR count). The summed E-state index contributed by atoms with van der Waals surface area (Å²) in [6.45, 7) is 3.53. The number of hydrogen-bond donors (Lipinski definition) is 2. The van der Waals surface area contributed by atoms with E-state index >= 15 is 0 Å².